The molecular weight excluding hydrogens is 312 g/mol. The molecule has 0 unspecified atom stereocenters. The summed E-state index contributed by atoms with van der Waals surface area (Å²) in [5, 5.41) is 11.4. The minimum Gasteiger partial charge on any atom is -0.388 e. The number of hydrogen-bond donors (Lipinski definition) is 1. The predicted molar refractivity (Wildman–Crippen MR) is 87.0 cm³/mol. The lowest BCUT2D eigenvalue weighted by Gasteiger charge is -2.12. The number of benzene rings is 2. The number of aliphatic hydroxyl groups is 1. The molecule has 0 aliphatic heterocycles. The summed E-state index contributed by atoms with van der Waals surface area (Å²) in [6, 6.07) is 16.6. The van der Waals surface area contributed by atoms with Crippen LogP contribution < -0.4 is 0 Å². The van der Waals surface area contributed by atoms with Crippen LogP contribution in [-0.2, 0) is 6.42 Å². The fourth-order valence-electron chi connectivity index (χ4n) is 2.88. The average Bonchev–Trinajstić information content (AvgIpc) is 2.60. The van der Waals surface area contributed by atoms with Gasteiger partial charge in [-0.3, -0.25) is 0 Å². The van der Waals surface area contributed by atoms with Crippen molar-refractivity contribution in [2.75, 3.05) is 5.33 Å². The molecule has 2 aromatic rings. The zero-order valence-corrected chi connectivity index (χ0v) is 12.8. The third-order valence-corrected chi connectivity index (χ3v) is 4.25. The number of aliphatic hydroxyl groups excluding tert-OH is 1. The summed E-state index contributed by atoms with van der Waals surface area (Å²) in [5.74, 6) is 0. The first-order valence-corrected chi connectivity index (χ1v) is 8.05. The van der Waals surface area contributed by atoms with Crippen LogP contribution in [0.15, 0.2) is 54.6 Å². The highest BCUT2D eigenvalue weighted by molar-refractivity contribution is 9.09. The van der Waals surface area contributed by atoms with Crippen molar-refractivity contribution in [3.63, 3.8) is 0 Å². The lowest BCUT2D eigenvalue weighted by Crippen LogP contribution is -2.01. The molecule has 0 aromatic heterocycles. The van der Waals surface area contributed by atoms with Crippen LogP contribution in [0.5, 0.6) is 0 Å². The van der Waals surface area contributed by atoms with E-state index in [2.05, 4.69) is 46.3 Å². The third kappa shape index (κ3) is 2.46. The Kier molecular flexibility index (Phi) is 4.04. The highest BCUT2D eigenvalue weighted by atomic mass is 79.9. The van der Waals surface area contributed by atoms with E-state index in [0.717, 1.165) is 22.9 Å². The molecule has 102 valence electrons. The molecule has 1 N–H and O–H groups in total. The molecule has 0 radical (unpaired) electrons. The van der Waals surface area contributed by atoms with Crippen LogP contribution in [0, 0.1) is 0 Å². The van der Waals surface area contributed by atoms with Gasteiger partial charge in [0.05, 0.1) is 6.10 Å². The van der Waals surface area contributed by atoms with E-state index in [9.17, 15) is 5.11 Å². The first kappa shape index (κ1) is 13.6. The van der Waals surface area contributed by atoms with Crippen molar-refractivity contribution >= 4 is 21.5 Å². The topological polar surface area (TPSA) is 20.2 Å². The van der Waals surface area contributed by atoms with Gasteiger partial charge in [0.1, 0.15) is 0 Å². The lowest BCUT2D eigenvalue weighted by atomic mass is 9.93. The molecule has 3 rings (SSSR count). The molecule has 0 saturated heterocycles. The van der Waals surface area contributed by atoms with Gasteiger partial charge < -0.3 is 5.11 Å². The van der Waals surface area contributed by atoms with Crippen LogP contribution in [0.3, 0.4) is 0 Å². The minimum atomic E-state index is -0.428. The summed E-state index contributed by atoms with van der Waals surface area (Å²) in [6.45, 7) is 0. The Bertz CT molecular complexity index is 645. The molecule has 2 heteroatoms. The van der Waals surface area contributed by atoms with E-state index in [0.29, 0.717) is 6.42 Å². The number of alkyl halides is 1. The number of halogens is 1. The second kappa shape index (κ2) is 5.94. The number of fused-ring (bicyclic) bond motifs is 2. The molecule has 0 amide bonds. The Hall–Kier alpha value is -1.38. The van der Waals surface area contributed by atoms with Crippen LogP contribution in [0.2, 0.25) is 0 Å². The van der Waals surface area contributed by atoms with E-state index < -0.39 is 6.10 Å². The van der Waals surface area contributed by atoms with Gasteiger partial charge >= 0.3 is 0 Å². The summed E-state index contributed by atoms with van der Waals surface area (Å²) in [5.41, 5.74) is 5.90. The quantitative estimate of drug-likeness (QED) is 0.805. The summed E-state index contributed by atoms with van der Waals surface area (Å²) >= 11 is 3.49. The van der Waals surface area contributed by atoms with E-state index in [1.807, 2.05) is 24.3 Å². The minimum absolute atomic E-state index is 0.428. The molecule has 20 heavy (non-hydrogen) atoms. The van der Waals surface area contributed by atoms with Gasteiger partial charge in [0.15, 0.2) is 0 Å². The average molecular weight is 329 g/mol. The number of rotatable bonds is 2. The SMILES string of the molecule is O[C@H]1Cc2ccccc2C(=CCCBr)c2ccccc21. The van der Waals surface area contributed by atoms with Crippen LogP contribution >= 0.6 is 15.9 Å². The van der Waals surface area contributed by atoms with Crippen molar-refractivity contribution < 1.29 is 5.11 Å². The predicted octanol–water partition coefficient (Wildman–Crippen LogP) is 4.49. The smallest absolute Gasteiger partial charge is 0.0836 e. The van der Waals surface area contributed by atoms with Crippen molar-refractivity contribution in [2.45, 2.75) is 18.9 Å². The second-order valence-electron chi connectivity index (χ2n) is 5.06. The molecule has 0 bridgehead atoms. The Labute approximate surface area is 128 Å². The van der Waals surface area contributed by atoms with Gasteiger partial charge in [-0.05, 0) is 34.2 Å². The summed E-state index contributed by atoms with van der Waals surface area (Å²) in [6.07, 6.45) is 3.50. The summed E-state index contributed by atoms with van der Waals surface area (Å²) in [7, 11) is 0. The van der Waals surface area contributed by atoms with Crippen LogP contribution in [0.25, 0.3) is 5.57 Å². The Morgan fingerprint density at radius 3 is 2.55 bits per heavy atom. The number of hydrogen-bond acceptors (Lipinski definition) is 1. The van der Waals surface area contributed by atoms with Gasteiger partial charge in [-0.1, -0.05) is 70.5 Å². The van der Waals surface area contributed by atoms with E-state index in [4.69, 9.17) is 0 Å². The Morgan fingerprint density at radius 2 is 1.75 bits per heavy atom. The largest absolute Gasteiger partial charge is 0.388 e. The molecule has 0 spiro atoms. The van der Waals surface area contributed by atoms with Crippen LogP contribution in [-0.4, -0.2) is 10.4 Å². The van der Waals surface area contributed by atoms with Gasteiger partial charge in [0, 0.05) is 11.8 Å². The van der Waals surface area contributed by atoms with E-state index in [1.54, 1.807) is 0 Å². The highest BCUT2D eigenvalue weighted by Gasteiger charge is 2.22. The Balaban J connectivity index is 2.24. The summed E-state index contributed by atoms with van der Waals surface area (Å²) in [4.78, 5) is 0. The maximum Gasteiger partial charge on any atom is 0.0836 e. The fourth-order valence-corrected chi connectivity index (χ4v) is 3.10. The van der Waals surface area contributed by atoms with Gasteiger partial charge in [-0.25, -0.2) is 0 Å². The maximum absolute atomic E-state index is 10.5. The van der Waals surface area contributed by atoms with Crippen molar-refractivity contribution in [3.05, 3.63) is 76.9 Å². The maximum atomic E-state index is 10.5. The van der Waals surface area contributed by atoms with Crippen molar-refractivity contribution in [1.29, 1.82) is 0 Å². The highest BCUT2D eigenvalue weighted by Crippen LogP contribution is 2.37. The van der Waals surface area contributed by atoms with E-state index >= 15 is 0 Å². The van der Waals surface area contributed by atoms with Gasteiger partial charge in [-0.2, -0.15) is 0 Å². The van der Waals surface area contributed by atoms with Gasteiger partial charge in [0.2, 0.25) is 0 Å². The third-order valence-electron chi connectivity index (χ3n) is 3.79. The zero-order valence-electron chi connectivity index (χ0n) is 11.2. The molecule has 2 aromatic carbocycles. The van der Waals surface area contributed by atoms with Crippen molar-refractivity contribution in [2.24, 2.45) is 0 Å². The second-order valence-corrected chi connectivity index (χ2v) is 5.85. The molecule has 0 saturated carbocycles. The number of allylic oxidation sites excluding steroid dienone is 1. The first-order valence-electron chi connectivity index (χ1n) is 6.93. The van der Waals surface area contributed by atoms with Crippen molar-refractivity contribution in [1.82, 2.24) is 0 Å². The van der Waals surface area contributed by atoms with Crippen LogP contribution in [0.4, 0.5) is 0 Å². The fraction of sp³-hybridized carbons (Fsp3) is 0.222. The molecular formula is C18H17BrO. The standard InChI is InChI=1S/C18H17BrO/c19-11-5-10-15-14-7-2-1-6-13(14)12-18(20)17-9-4-3-8-16(15)17/h1-4,6-10,18,20H,5,11-12H2/t18-/m0/s1. The molecule has 0 heterocycles. The summed E-state index contributed by atoms with van der Waals surface area (Å²) < 4.78 is 0. The van der Waals surface area contributed by atoms with Crippen molar-refractivity contribution in [3.8, 4) is 0 Å². The molecule has 0 fully saturated rings. The van der Waals surface area contributed by atoms with Gasteiger partial charge in [-0.15, -0.1) is 0 Å². The molecule has 1 aliphatic rings. The van der Waals surface area contributed by atoms with E-state index in [-0.39, 0.29) is 0 Å². The Morgan fingerprint density at radius 1 is 1.05 bits per heavy atom. The zero-order chi connectivity index (χ0) is 13.9. The van der Waals surface area contributed by atoms with E-state index in [1.165, 1.54) is 16.7 Å². The first-order chi connectivity index (χ1) is 9.81. The molecule has 1 aliphatic carbocycles. The molecule has 1 nitrogen and oxygen atoms in total. The monoisotopic (exact) mass is 328 g/mol. The molecule has 1 atom stereocenters. The normalized spacial score (nSPS) is 19.3. The lowest BCUT2D eigenvalue weighted by molar-refractivity contribution is 0.179. The van der Waals surface area contributed by atoms with Gasteiger partial charge in [0.25, 0.3) is 0 Å². The van der Waals surface area contributed by atoms with Crippen LogP contribution in [0.1, 0.15) is 34.8 Å².